The summed E-state index contributed by atoms with van der Waals surface area (Å²) in [7, 11) is -2.11. The Bertz CT molecular complexity index is 1200. The van der Waals surface area contributed by atoms with Gasteiger partial charge in [0.15, 0.2) is 11.5 Å². The van der Waals surface area contributed by atoms with Gasteiger partial charge in [0.25, 0.3) is 0 Å². The zero-order chi connectivity index (χ0) is 24.0. The summed E-state index contributed by atoms with van der Waals surface area (Å²) in [4.78, 5) is 0.0972. The fourth-order valence-corrected chi connectivity index (χ4v) is 4.65. The van der Waals surface area contributed by atoms with Crippen molar-refractivity contribution in [2.45, 2.75) is 24.5 Å². The van der Waals surface area contributed by atoms with Gasteiger partial charge < -0.3 is 14.8 Å². The molecule has 33 heavy (non-hydrogen) atoms. The number of rotatable bonds is 10. The molecule has 0 saturated heterocycles. The van der Waals surface area contributed by atoms with Crippen molar-refractivity contribution in [2.75, 3.05) is 13.7 Å². The molecule has 6 nitrogen and oxygen atoms in total. The third kappa shape index (κ3) is 6.85. The average Bonchev–Trinajstić information content (AvgIpc) is 2.77. The van der Waals surface area contributed by atoms with Crippen LogP contribution < -0.4 is 19.9 Å². The smallest absolute Gasteiger partial charge is 0.238 e. The van der Waals surface area contributed by atoms with Crippen LogP contribution in [0.4, 0.5) is 0 Å². The fraction of sp³-hybridized carbons (Fsp3) is 0.217. The minimum Gasteiger partial charge on any atom is -0.493 e. The number of halogens is 3. The lowest BCUT2D eigenvalue weighted by atomic mass is 10.1. The van der Waals surface area contributed by atoms with Gasteiger partial charge in [-0.3, -0.25) is 0 Å². The highest BCUT2D eigenvalue weighted by Gasteiger charge is 2.16. The standard InChI is InChI=1S/C23H23BrCl2N2O4S/c1-31-22-10-9-19(24)17(23(22)32-14-18-20(25)3-2-4-21(18)26)13-28-12-11-15-5-7-16(8-6-15)33(27,29)30/h2-10,28H,11-14H2,1H3,(H2,27,29,30). The molecule has 176 valence electrons. The summed E-state index contributed by atoms with van der Waals surface area (Å²) in [6.07, 6.45) is 0.706. The highest BCUT2D eigenvalue weighted by atomic mass is 79.9. The summed E-state index contributed by atoms with van der Waals surface area (Å²) in [5, 5.41) is 9.59. The third-order valence-electron chi connectivity index (χ3n) is 4.95. The Morgan fingerprint density at radius 1 is 1.00 bits per heavy atom. The second-order valence-electron chi connectivity index (χ2n) is 7.16. The van der Waals surface area contributed by atoms with Gasteiger partial charge in [0.05, 0.1) is 12.0 Å². The Morgan fingerprint density at radius 2 is 1.67 bits per heavy atom. The monoisotopic (exact) mass is 572 g/mol. The molecule has 0 unspecified atom stereocenters. The number of nitrogens with two attached hydrogens (primary N) is 1. The van der Waals surface area contributed by atoms with E-state index in [2.05, 4.69) is 21.2 Å². The summed E-state index contributed by atoms with van der Waals surface area (Å²) in [5.41, 5.74) is 2.58. The minimum atomic E-state index is -3.69. The van der Waals surface area contributed by atoms with E-state index >= 15 is 0 Å². The SMILES string of the molecule is COc1ccc(Br)c(CNCCc2ccc(S(N)(=O)=O)cc2)c1OCc1c(Cl)cccc1Cl. The molecule has 0 aliphatic heterocycles. The van der Waals surface area contributed by atoms with Crippen LogP contribution in [-0.2, 0) is 29.6 Å². The molecular weight excluding hydrogens is 551 g/mol. The van der Waals surface area contributed by atoms with E-state index < -0.39 is 10.0 Å². The van der Waals surface area contributed by atoms with Crippen LogP contribution in [0.3, 0.4) is 0 Å². The summed E-state index contributed by atoms with van der Waals surface area (Å²) >= 11 is 16.1. The van der Waals surface area contributed by atoms with E-state index in [4.69, 9.17) is 37.8 Å². The van der Waals surface area contributed by atoms with E-state index in [-0.39, 0.29) is 11.5 Å². The number of hydrogen-bond acceptors (Lipinski definition) is 5. The molecule has 0 saturated carbocycles. The molecular formula is C23H23BrCl2N2O4S. The molecule has 0 radical (unpaired) electrons. The molecule has 0 spiro atoms. The van der Waals surface area contributed by atoms with Gasteiger partial charge in [-0.1, -0.05) is 57.3 Å². The van der Waals surface area contributed by atoms with Crippen LogP contribution in [0.25, 0.3) is 0 Å². The van der Waals surface area contributed by atoms with Crippen molar-refractivity contribution >= 4 is 49.2 Å². The lowest BCUT2D eigenvalue weighted by Crippen LogP contribution is -2.18. The molecule has 3 aromatic carbocycles. The second kappa shape index (κ2) is 11.6. The Hall–Kier alpha value is -1.81. The Kier molecular flexibility index (Phi) is 9.03. The van der Waals surface area contributed by atoms with Crippen molar-refractivity contribution < 1.29 is 17.9 Å². The topological polar surface area (TPSA) is 90.6 Å². The number of primary sulfonamides is 1. The lowest BCUT2D eigenvalue weighted by Gasteiger charge is -2.18. The zero-order valence-electron chi connectivity index (χ0n) is 17.8. The van der Waals surface area contributed by atoms with Crippen molar-refractivity contribution in [1.82, 2.24) is 5.32 Å². The fourth-order valence-electron chi connectivity index (χ4n) is 3.17. The molecule has 10 heteroatoms. The van der Waals surface area contributed by atoms with Gasteiger partial charge in [0.1, 0.15) is 6.61 Å². The van der Waals surface area contributed by atoms with Gasteiger partial charge in [-0.2, -0.15) is 0 Å². The predicted octanol–water partition coefficient (Wildman–Crippen LogP) is 5.32. The summed E-state index contributed by atoms with van der Waals surface area (Å²) in [5.74, 6) is 1.18. The van der Waals surface area contributed by atoms with Crippen LogP contribution in [0.15, 0.2) is 64.0 Å². The molecule has 0 heterocycles. The highest BCUT2D eigenvalue weighted by Crippen LogP contribution is 2.37. The van der Waals surface area contributed by atoms with E-state index in [0.717, 1.165) is 15.6 Å². The average molecular weight is 574 g/mol. The predicted molar refractivity (Wildman–Crippen MR) is 135 cm³/mol. The molecule has 0 aliphatic rings. The van der Waals surface area contributed by atoms with Crippen molar-refractivity contribution in [3.05, 3.63) is 85.8 Å². The molecule has 0 amide bonds. The zero-order valence-corrected chi connectivity index (χ0v) is 21.7. The number of methoxy groups -OCH3 is 1. The Labute approximate surface area is 212 Å². The first-order chi connectivity index (χ1) is 15.7. The second-order valence-corrected chi connectivity index (χ2v) is 10.4. The van der Waals surface area contributed by atoms with Gasteiger partial charge in [0.2, 0.25) is 10.0 Å². The largest absolute Gasteiger partial charge is 0.493 e. The van der Waals surface area contributed by atoms with E-state index in [1.165, 1.54) is 12.1 Å². The van der Waals surface area contributed by atoms with Crippen LogP contribution in [-0.4, -0.2) is 22.1 Å². The van der Waals surface area contributed by atoms with E-state index in [0.29, 0.717) is 46.6 Å². The van der Waals surface area contributed by atoms with Crippen molar-refractivity contribution in [3.8, 4) is 11.5 Å². The molecule has 3 rings (SSSR count). The number of sulfonamides is 1. The van der Waals surface area contributed by atoms with Crippen molar-refractivity contribution in [1.29, 1.82) is 0 Å². The molecule has 0 fully saturated rings. The first-order valence-corrected chi connectivity index (χ1v) is 13.0. The van der Waals surface area contributed by atoms with Crippen LogP contribution in [0, 0.1) is 0 Å². The Morgan fingerprint density at radius 3 is 2.27 bits per heavy atom. The van der Waals surface area contributed by atoms with Crippen molar-refractivity contribution in [2.24, 2.45) is 5.14 Å². The van der Waals surface area contributed by atoms with Crippen LogP contribution >= 0.6 is 39.1 Å². The molecule has 3 N–H and O–H groups in total. The van der Waals surface area contributed by atoms with Crippen LogP contribution in [0.1, 0.15) is 16.7 Å². The highest BCUT2D eigenvalue weighted by molar-refractivity contribution is 9.10. The maximum absolute atomic E-state index is 11.4. The number of hydrogen-bond donors (Lipinski definition) is 2. The van der Waals surface area contributed by atoms with Gasteiger partial charge in [-0.15, -0.1) is 0 Å². The first kappa shape index (κ1) is 25.8. The summed E-state index contributed by atoms with van der Waals surface area (Å²) in [6.45, 7) is 1.36. The van der Waals surface area contributed by atoms with E-state index in [1.807, 2.05) is 12.1 Å². The van der Waals surface area contributed by atoms with Gasteiger partial charge in [-0.05, 0) is 54.9 Å². The normalized spacial score (nSPS) is 11.4. The van der Waals surface area contributed by atoms with Gasteiger partial charge in [-0.25, -0.2) is 13.6 Å². The number of nitrogens with one attached hydrogen (secondary N) is 1. The number of benzene rings is 3. The molecule has 0 aliphatic carbocycles. The lowest BCUT2D eigenvalue weighted by molar-refractivity contribution is 0.280. The molecule has 0 aromatic heterocycles. The maximum atomic E-state index is 11.4. The first-order valence-electron chi connectivity index (χ1n) is 9.94. The quantitative estimate of drug-likeness (QED) is 0.320. The number of ether oxygens (including phenoxy) is 2. The molecule has 0 atom stereocenters. The van der Waals surface area contributed by atoms with Crippen LogP contribution in [0.2, 0.25) is 10.0 Å². The summed E-state index contributed by atoms with van der Waals surface area (Å²) < 4.78 is 35.3. The third-order valence-corrected chi connectivity index (χ3v) is 7.33. The Balaban J connectivity index is 1.68. The van der Waals surface area contributed by atoms with E-state index in [9.17, 15) is 8.42 Å². The van der Waals surface area contributed by atoms with E-state index in [1.54, 1.807) is 37.4 Å². The summed E-state index contributed by atoms with van der Waals surface area (Å²) in [6, 6.07) is 15.6. The molecule has 3 aromatic rings. The van der Waals surface area contributed by atoms with Gasteiger partial charge in [0, 0.05) is 32.2 Å². The minimum absolute atomic E-state index is 0.0972. The van der Waals surface area contributed by atoms with Gasteiger partial charge >= 0.3 is 0 Å². The van der Waals surface area contributed by atoms with Crippen molar-refractivity contribution in [3.63, 3.8) is 0 Å². The molecule has 0 bridgehead atoms. The maximum Gasteiger partial charge on any atom is 0.238 e. The van der Waals surface area contributed by atoms with Crippen LogP contribution in [0.5, 0.6) is 11.5 Å².